The van der Waals surface area contributed by atoms with Gasteiger partial charge in [-0.2, -0.15) is 0 Å². The van der Waals surface area contributed by atoms with Crippen molar-refractivity contribution in [3.05, 3.63) is 64.1 Å². The molecule has 130 valence electrons. The van der Waals surface area contributed by atoms with Crippen LogP contribution in [-0.2, 0) is 14.3 Å². The number of amides is 1. The highest BCUT2D eigenvalue weighted by atomic mass is 35.5. The number of ether oxygens (including phenoxy) is 1. The molecule has 0 spiro atoms. The number of rotatable bonds is 7. The summed E-state index contributed by atoms with van der Waals surface area (Å²) >= 11 is 11.7. The summed E-state index contributed by atoms with van der Waals surface area (Å²) in [7, 11) is 0. The Morgan fingerprint density at radius 2 is 1.56 bits per heavy atom. The summed E-state index contributed by atoms with van der Waals surface area (Å²) in [5.41, 5.74) is 0.934. The topological polar surface area (TPSA) is 72.5 Å². The van der Waals surface area contributed by atoms with Gasteiger partial charge in [0.25, 0.3) is 5.91 Å². The first-order chi connectivity index (χ1) is 11.9. The fourth-order valence-electron chi connectivity index (χ4n) is 2.03. The fourth-order valence-corrected chi connectivity index (χ4v) is 2.55. The molecule has 0 bridgehead atoms. The molecule has 0 aliphatic heterocycles. The van der Waals surface area contributed by atoms with Crippen molar-refractivity contribution in [2.75, 3.05) is 11.9 Å². The molecule has 2 aromatic carbocycles. The average Bonchev–Trinajstić information content (AvgIpc) is 2.57. The molecule has 1 amide bonds. The van der Waals surface area contributed by atoms with Gasteiger partial charge in [-0.3, -0.25) is 14.4 Å². The summed E-state index contributed by atoms with van der Waals surface area (Å²) in [5.74, 6) is -1.31. The highest BCUT2D eigenvalue weighted by molar-refractivity contribution is 6.35. The number of esters is 1. The number of nitrogens with one attached hydrogen (secondary N) is 1. The van der Waals surface area contributed by atoms with Gasteiger partial charge in [0, 0.05) is 27.7 Å². The van der Waals surface area contributed by atoms with E-state index in [9.17, 15) is 14.4 Å². The second-order valence-electron chi connectivity index (χ2n) is 5.16. The Bertz CT molecular complexity index is 758. The van der Waals surface area contributed by atoms with E-state index >= 15 is 0 Å². The summed E-state index contributed by atoms with van der Waals surface area (Å²) in [4.78, 5) is 35.3. The van der Waals surface area contributed by atoms with E-state index in [0.717, 1.165) is 0 Å². The second kappa shape index (κ2) is 9.20. The van der Waals surface area contributed by atoms with E-state index in [0.29, 0.717) is 21.3 Å². The zero-order valence-electron chi connectivity index (χ0n) is 13.1. The van der Waals surface area contributed by atoms with Crippen LogP contribution in [0.4, 0.5) is 5.69 Å². The Balaban J connectivity index is 1.74. The van der Waals surface area contributed by atoms with E-state index < -0.39 is 18.5 Å². The highest BCUT2D eigenvalue weighted by Crippen LogP contribution is 2.22. The predicted octanol–water partition coefficient (Wildman–Crippen LogP) is 4.14. The third kappa shape index (κ3) is 6.57. The lowest BCUT2D eigenvalue weighted by Gasteiger charge is -2.07. The molecule has 25 heavy (non-hydrogen) atoms. The van der Waals surface area contributed by atoms with Gasteiger partial charge in [-0.25, -0.2) is 0 Å². The largest absolute Gasteiger partial charge is 0.456 e. The van der Waals surface area contributed by atoms with Gasteiger partial charge in [0.1, 0.15) is 0 Å². The van der Waals surface area contributed by atoms with Crippen LogP contribution in [0.5, 0.6) is 0 Å². The SMILES string of the molecule is O=C(COC(=O)CCC(=O)c1ccccc1)Nc1cc(Cl)cc(Cl)c1. The van der Waals surface area contributed by atoms with Gasteiger partial charge in [0.15, 0.2) is 12.4 Å². The molecule has 0 radical (unpaired) electrons. The standard InChI is InChI=1S/C18H15Cl2NO4/c19-13-8-14(20)10-15(9-13)21-17(23)11-25-18(24)7-6-16(22)12-4-2-1-3-5-12/h1-5,8-10H,6-7,11H2,(H,21,23). The Hall–Kier alpha value is -2.37. The zero-order chi connectivity index (χ0) is 18.2. The van der Waals surface area contributed by atoms with Crippen LogP contribution in [0.15, 0.2) is 48.5 Å². The van der Waals surface area contributed by atoms with Crippen molar-refractivity contribution in [1.82, 2.24) is 0 Å². The highest BCUT2D eigenvalue weighted by Gasteiger charge is 2.12. The summed E-state index contributed by atoms with van der Waals surface area (Å²) in [6.45, 7) is -0.456. The molecule has 0 saturated heterocycles. The van der Waals surface area contributed by atoms with Crippen LogP contribution < -0.4 is 5.32 Å². The van der Waals surface area contributed by atoms with E-state index in [-0.39, 0.29) is 18.6 Å². The van der Waals surface area contributed by atoms with Crippen molar-refractivity contribution < 1.29 is 19.1 Å². The number of ketones is 1. The number of Topliss-reactive ketones (excluding diaryl/α,β-unsaturated/α-hetero) is 1. The Kier molecular flexibility index (Phi) is 6.98. The molecule has 2 rings (SSSR count). The molecule has 0 atom stereocenters. The number of carbonyl (C=O) groups excluding carboxylic acids is 3. The molecule has 1 N–H and O–H groups in total. The molecule has 7 heteroatoms. The smallest absolute Gasteiger partial charge is 0.306 e. The molecular formula is C18H15Cl2NO4. The van der Waals surface area contributed by atoms with Gasteiger partial charge in [0.2, 0.25) is 0 Å². The first-order valence-electron chi connectivity index (χ1n) is 7.44. The van der Waals surface area contributed by atoms with Crippen LogP contribution >= 0.6 is 23.2 Å². The maximum atomic E-state index is 11.9. The van der Waals surface area contributed by atoms with Crippen LogP contribution in [0.3, 0.4) is 0 Å². The first-order valence-corrected chi connectivity index (χ1v) is 8.19. The molecule has 5 nitrogen and oxygen atoms in total. The monoisotopic (exact) mass is 379 g/mol. The molecule has 0 aliphatic rings. The van der Waals surface area contributed by atoms with E-state index in [1.165, 1.54) is 18.2 Å². The van der Waals surface area contributed by atoms with E-state index in [2.05, 4.69) is 5.32 Å². The zero-order valence-corrected chi connectivity index (χ0v) is 14.6. The summed E-state index contributed by atoms with van der Waals surface area (Å²) in [6.07, 6.45) is -0.0711. The molecule has 0 fully saturated rings. The predicted molar refractivity (Wildman–Crippen MR) is 96.1 cm³/mol. The van der Waals surface area contributed by atoms with E-state index in [4.69, 9.17) is 27.9 Å². The quantitative estimate of drug-likeness (QED) is 0.579. The van der Waals surface area contributed by atoms with Gasteiger partial charge < -0.3 is 10.1 Å². The number of hydrogen-bond acceptors (Lipinski definition) is 4. The molecule has 0 saturated carbocycles. The molecule has 0 heterocycles. The lowest BCUT2D eigenvalue weighted by atomic mass is 10.1. The minimum atomic E-state index is -0.622. The molecule has 0 aromatic heterocycles. The number of anilines is 1. The average molecular weight is 380 g/mol. The molecular weight excluding hydrogens is 365 g/mol. The normalized spacial score (nSPS) is 10.2. The second-order valence-corrected chi connectivity index (χ2v) is 6.03. The summed E-state index contributed by atoms with van der Waals surface area (Å²) < 4.78 is 4.85. The summed E-state index contributed by atoms with van der Waals surface area (Å²) in [5, 5.41) is 3.27. The van der Waals surface area contributed by atoms with E-state index in [1.54, 1.807) is 30.3 Å². The van der Waals surface area contributed by atoms with Crippen molar-refractivity contribution in [2.24, 2.45) is 0 Å². The molecule has 0 aliphatic carbocycles. The van der Waals surface area contributed by atoms with Crippen LogP contribution in [0.1, 0.15) is 23.2 Å². The van der Waals surface area contributed by atoms with Crippen molar-refractivity contribution in [3.8, 4) is 0 Å². The molecule has 0 unspecified atom stereocenters. The van der Waals surface area contributed by atoms with Crippen molar-refractivity contribution in [1.29, 1.82) is 0 Å². The third-order valence-corrected chi connectivity index (χ3v) is 3.60. The van der Waals surface area contributed by atoms with Gasteiger partial charge in [-0.15, -0.1) is 0 Å². The Labute approximate surface area is 154 Å². The number of carbonyl (C=O) groups is 3. The number of hydrogen-bond donors (Lipinski definition) is 1. The number of benzene rings is 2. The van der Waals surface area contributed by atoms with Crippen molar-refractivity contribution in [3.63, 3.8) is 0 Å². The lowest BCUT2D eigenvalue weighted by molar-refractivity contribution is -0.147. The van der Waals surface area contributed by atoms with Gasteiger partial charge in [0.05, 0.1) is 6.42 Å². The van der Waals surface area contributed by atoms with Gasteiger partial charge in [-0.1, -0.05) is 53.5 Å². The summed E-state index contributed by atoms with van der Waals surface area (Å²) in [6, 6.07) is 13.2. The van der Waals surface area contributed by atoms with Crippen molar-refractivity contribution in [2.45, 2.75) is 12.8 Å². The van der Waals surface area contributed by atoms with Gasteiger partial charge >= 0.3 is 5.97 Å². The first kappa shape index (κ1) is 19.0. The number of halogens is 2. The maximum Gasteiger partial charge on any atom is 0.306 e. The van der Waals surface area contributed by atoms with Gasteiger partial charge in [-0.05, 0) is 18.2 Å². The lowest BCUT2D eigenvalue weighted by Crippen LogP contribution is -2.21. The van der Waals surface area contributed by atoms with Crippen LogP contribution in [0, 0.1) is 0 Å². The van der Waals surface area contributed by atoms with Crippen LogP contribution in [-0.4, -0.2) is 24.3 Å². The fraction of sp³-hybridized carbons (Fsp3) is 0.167. The molecule has 2 aromatic rings. The maximum absolute atomic E-state index is 11.9. The Morgan fingerprint density at radius 3 is 2.20 bits per heavy atom. The Morgan fingerprint density at radius 1 is 0.920 bits per heavy atom. The minimum absolute atomic E-state index is 0.0222. The van der Waals surface area contributed by atoms with E-state index in [1.807, 2.05) is 0 Å². The van der Waals surface area contributed by atoms with Crippen LogP contribution in [0.2, 0.25) is 10.0 Å². The van der Waals surface area contributed by atoms with Crippen LogP contribution in [0.25, 0.3) is 0 Å². The van der Waals surface area contributed by atoms with Crippen molar-refractivity contribution >= 4 is 46.5 Å². The minimum Gasteiger partial charge on any atom is -0.456 e. The third-order valence-electron chi connectivity index (χ3n) is 3.16.